The van der Waals surface area contributed by atoms with Gasteiger partial charge in [0.15, 0.2) is 6.29 Å². The number of rotatable bonds is 59. The molecular formula is C72H129NO8. The third-order valence-corrected chi connectivity index (χ3v) is 16.0. The fourth-order valence-corrected chi connectivity index (χ4v) is 10.7. The molecule has 81 heavy (non-hydrogen) atoms. The Kier molecular flexibility index (Phi) is 57.0. The first kappa shape index (κ1) is 76.4. The number of amides is 1. The van der Waals surface area contributed by atoms with E-state index in [1.165, 1.54) is 199 Å². The van der Waals surface area contributed by atoms with Crippen molar-refractivity contribution >= 4 is 5.91 Å². The molecular weight excluding hydrogens is 1010 g/mol. The minimum absolute atomic E-state index is 0.137. The second-order valence-corrected chi connectivity index (χ2v) is 23.6. The first-order chi connectivity index (χ1) is 39.8. The fourth-order valence-electron chi connectivity index (χ4n) is 10.7. The smallest absolute Gasteiger partial charge is 0.220 e. The number of aliphatic hydroxyl groups excluding tert-OH is 5. The summed E-state index contributed by atoms with van der Waals surface area (Å²) >= 11 is 0. The topological polar surface area (TPSA) is 149 Å². The lowest BCUT2D eigenvalue weighted by Gasteiger charge is -2.40. The molecule has 0 radical (unpaired) electrons. The second-order valence-electron chi connectivity index (χ2n) is 23.6. The maximum atomic E-state index is 13.1. The van der Waals surface area contributed by atoms with Crippen LogP contribution in [0.3, 0.4) is 0 Å². The molecule has 1 heterocycles. The van der Waals surface area contributed by atoms with Gasteiger partial charge in [-0.1, -0.05) is 317 Å². The number of carbonyl (C=O) groups is 1. The number of hydrogen-bond donors (Lipinski definition) is 6. The van der Waals surface area contributed by atoms with Crippen LogP contribution in [0.15, 0.2) is 85.1 Å². The van der Waals surface area contributed by atoms with E-state index in [-0.39, 0.29) is 12.5 Å². The van der Waals surface area contributed by atoms with Gasteiger partial charge in [-0.3, -0.25) is 4.79 Å². The molecule has 9 nitrogen and oxygen atoms in total. The molecule has 470 valence electrons. The lowest BCUT2D eigenvalue weighted by molar-refractivity contribution is -0.302. The zero-order valence-corrected chi connectivity index (χ0v) is 52.5. The van der Waals surface area contributed by atoms with Crippen molar-refractivity contribution in [2.75, 3.05) is 13.2 Å². The number of hydrogen-bond acceptors (Lipinski definition) is 8. The molecule has 0 aromatic carbocycles. The highest BCUT2D eigenvalue weighted by atomic mass is 16.7. The van der Waals surface area contributed by atoms with Crippen LogP contribution in [-0.4, -0.2) is 87.5 Å². The Morgan fingerprint density at radius 3 is 1.14 bits per heavy atom. The Labute approximate surface area is 499 Å². The monoisotopic (exact) mass is 1140 g/mol. The average molecular weight is 1140 g/mol. The Morgan fingerprint density at radius 1 is 0.432 bits per heavy atom. The molecule has 1 fully saturated rings. The lowest BCUT2D eigenvalue weighted by atomic mass is 9.99. The molecule has 1 saturated heterocycles. The maximum absolute atomic E-state index is 13.1. The number of carbonyl (C=O) groups excluding carboxylic acids is 1. The molecule has 0 saturated carbocycles. The molecule has 1 amide bonds. The predicted octanol–water partition coefficient (Wildman–Crippen LogP) is 18.5. The van der Waals surface area contributed by atoms with E-state index in [2.05, 4.69) is 104 Å². The van der Waals surface area contributed by atoms with Gasteiger partial charge in [0.05, 0.1) is 25.4 Å². The summed E-state index contributed by atoms with van der Waals surface area (Å²) in [6.45, 7) is 3.75. The van der Waals surface area contributed by atoms with E-state index in [0.29, 0.717) is 12.8 Å². The minimum Gasteiger partial charge on any atom is -0.394 e. The predicted molar refractivity (Wildman–Crippen MR) is 345 cm³/mol. The third kappa shape index (κ3) is 49.4. The van der Waals surface area contributed by atoms with Crippen molar-refractivity contribution in [1.82, 2.24) is 5.32 Å². The van der Waals surface area contributed by atoms with E-state index in [1.807, 2.05) is 0 Å². The van der Waals surface area contributed by atoms with Gasteiger partial charge in [-0.25, -0.2) is 0 Å². The number of allylic oxidation sites excluding steroid dienone is 14. The summed E-state index contributed by atoms with van der Waals surface area (Å²) in [6.07, 6.45) is 79.3. The molecule has 1 aliphatic heterocycles. The molecule has 0 bridgehead atoms. The van der Waals surface area contributed by atoms with Gasteiger partial charge in [0.2, 0.25) is 5.91 Å². The van der Waals surface area contributed by atoms with Crippen LogP contribution in [0.5, 0.6) is 0 Å². The number of ether oxygens (including phenoxy) is 2. The SMILES string of the molecule is CC/C=C\C/C=C\C/C=C\C/C=C\C/C=C\C/C=C\C/C=C\CCCCCCCCCCCCCCCCCCCCCC(=O)NC(COC1OC(CO)C(O)C(O)C1O)C(O)CCCCCCCCCCCCCCCCCCC. The Balaban J connectivity index is 2.06. The van der Waals surface area contributed by atoms with E-state index >= 15 is 0 Å². The zero-order valence-electron chi connectivity index (χ0n) is 52.5. The van der Waals surface area contributed by atoms with E-state index in [0.717, 1.165) is 83.5 Å². The van der Waals surface area contributed by atoms with Crippen molar-refractivity contribution in [3.05, 3.63) is 85.1 Å². The summed E-state index contributed by atoms with van der Waals surface area (Å²) in [5.41, 5.74) is 0. The minimum atomic E-state index is -1.55. The van der Waals surface area contributed by atoms with Gasteiger partial charge < -0.3 is 40.3 Å². The first-order valence-corrected chi connectivity index (χ1v) is 34.3. The Bertz CT molecular complexity index is 1550. The van der Waals surface area contributed by atoms with Crippen molar-refractivity contribution in [3.63, 3.8) is 0 Å². The summed E-state index contributed by atoms with van der Waals surface area (Å²) in [4.78, 5) is 13.1. The molecule has 1 rings (SSSR count). The summed E-state index contributed by atoms with van der Waals surface area (Å²) < 4.78 is 11.3. The van der Waals surface area contributed by atoms with Crippen molar-refractivity contribution in [1.29, 1.82) is 0 Å². The normalized spacial score (nSPS) is 18.9. The van der Waals surface area contributed by atoms with Crippen molar-refractivity contribution in [2.24, 2.45) is 0 Å². The van der Waals surface area contributed by atoms with Crippen LogP contribution in [0.1, 0.15) is 309 Å². The van der Waals surface area contributed by atoms with Crippen LogP contribution in [0.4, 0.5) is 0 Å². The maximum Gasteiger partial charge on any atom is 0.220 e. The van der Waals surface area contributed by atoms with E-state index in [9.17, 15) is 30.3 Å². The molecule has 7 unspecified atom stereocenters. The second kappa shape index (κ2) is 60.5. The highest BCUT2D eigenvalue weighted by Gasteiger charge is 2.44. The van der Waals surface area contributed by atoms with Gasteiger partial charge in [-0.15, -0.1) is 0 Å². The van der Waals surface area contributed by atoms with Crippen molar-refractivity contribution in [2.45, 2.75) is 352 Å². The highest BCUT2D eigenvalue weighted by Crippen LogP contribution is 2.23. The molecule has 7 atom stereocenters. The van der Waals surface area contributed by atoms with Crippen molar-refractivity contribution in [3.8, 4) is 0 Å². The number of aliphatic hydroxyl groups is 5. The molecule has 1 aliphatic rings. The standard InChI is InChI=1S/C72H129NO8/c1-3-5-7-9-11-13-15-17-19-21-22-23-24-25-26-27-28-29-30-31-32-33-34-35-36-37-38-39-40-41-42-43-44-46-48-50-52-54-56-58-60-62-68(76)73-65(64-80-72-71(79)70(78)69(77)67(63-74)81-72)66(75)61-59-57-55-53-51-49-47-45-20-18-16-14-12-10-8-6-4-2/h5,7,11,13,17,19,22-23,25-26,28-29,31-32,65-67,69-72,74-75,77-79H,3-4,6,8-10,12,14-16,18,20-21,24,27,30,33-64H2,1-2H3,(H,73,76)/b7-5-,13-11-,19-17-,23-22-,26-25-,29-28-,32-31-. The van der Waals surface area contributed by atoms with Gasteiger partial charge in [-0.2, -0.15) is 0 Å². The number of unbranched alkanes of at least 4 members (excludes halogenated alkanes) is 35. The van der Waals surface area contributed by atoms with Crippen LogP contribution >= 0.6 is 0 Å². The van der Waals surface area contributed by atoms with Crippen LogP contribution in [-0.2, 0) is 14.3 Å². The van der Waals surface area contributed by atoms with Gasteiger partial charge >= 0.3 is 0 Å². The Hall–Kier alpha value is -2.63. The van der Waals surface area contributed by atoms with Crippen LogP contribution in [0, 0.1) is 0 Å². The van der Waals surface area contributed by atoms with E-state index in [4.69, 9.17) is 9.47 Å². The molecule has 0 aromatic heterocycles. The van der Waals surface area contributed by atoms with Gasteiger partial charge in [0, 0.05) is 6.42 Å². The molecule has 0 spiro atoms. The van der Waals surface area contributed by atoms with Gasteiger partial charge in [0.25, 0.3) is 0 Å². The van der Waals surface area contributed by atoms with Gasteiger partial charge in [0.1, 0.15) is 24.4 Å². The van der Waals surface area contributed by atoms with Crippen LogP contribution < -0.4 is 5.32 Å². The molecule has 6 N–H and O–H groups in total. The summed E-state index contributed by atoms with van der Waals surface area (Å²) in [5.74, 6) is -0.141. The zero-order chi connectivity index (χ0) is 58.6. The summed E-state index contributed by atoms with van der Waals surface area (Å²) in [7, 11) is 0. The Morgan fingerprint density at radius 2 is 0.765 bits per heavy atom. The van der Waals surface area contributed by atoms with Crippen LogP contribution in [0.25, 0.3) is 0 Å². The molecule has 0 aromatic rings. The quantitative estimate of drug-likeness (QED) is 0.0261. The largest absolute Gasteiger partial charge is 0.394 e. The highest BCUT2D eigenvalue weighted by molar-refractivity contribution is 5.76. The average Bonchev–Trinajstić information content (AvgIpc) is 3.49. The first-order valence-electron chi connectivity index (χ1n) is 34.3. The van der Waals surface area contributed by atoms with E-state index in [1.54, 1.807) is 0 Å². The molecule has 9 heteroatoms. The number of nitrogens with one attached hydrogen (secondary N) is 1. The van der Waals surface area contributed by atoms with Gasteiger partial charge in [-0.05, 0) is 70.6 Å². The van der Waals surface area contributed by atoms with E-state index < -0.39 is 49.5 Å². The van der Waals surface area contributed by atoms with Crippen LogP contribution in [0.2, 0.25) is 0 Å². The summed E-state index contributed by atoms with van der Waals surface area (Å²) in [5, 5.41) is 54.8. The molecule has 0 aliphatic carbocycles. The third-order valence-electron chi connectivity index (χ3n) is 16.0. The fraction of sp³-hybridized carbons (Fsp3) is 0.792. The summed E-state index contributed by atoms with van der Waals surface area (Å²) in [6, 6.07) is -0.721. The van der Waals surface area contributed by atoms with Crippen molar-refractivity contribution < 1.29 is 39.8 Å². The lowest BCUT2D eigenvalue weighted by Crippen LogP contribution is -2.60.